The predicted octanol–water partition coefficient (Wildman–Crippen LogP) is 3.61. The summed E-state index contributed by atoms with van der Waals surface area (Å²) in [6.07, 6.45) is 4.55. The Balaban J connectivity index is 1.98. The van der Waals surface area contributed by atoms with E-state index >= 15 is 0 Å². The summed E-state index contributed by atoms with van der Waals surface area (Å²) in [7, 11) is 0. The first-order valence-corrected chi connectivity index (χ1v) is 11.9. The molecule has 6 atom stereocenters. The Morgan fingerprint density at radius 3 is 2.82 bits per heavy atom. The highest BCUT2D eigenvalue weighted by Gasteiger charge is 2.41. The molecule has 0 bridgehead atoms. The zero-order chi connectivity index (χ0) is 20.7. The zero-order valence-corrected chi connectivity index (χ0v) is 18.3. The molecule has 0 radical (unpaired) electrons. The van der Waals surface area contributed by atoms with Crippen molar-refractivity contribution in [1.29, 1.82) is 0 Å². The number of aliphatic hydroxyl groups excluding tert-OH is 3. The van der Waals surface area contributed by atoms with Crippen molar-refractivity contribution in [2.75, 3.05) is 5.75 Å². The lowest BCUT2D eigenvalue weighted by atomic mass is 9.92. The summed E-state index contributed by atoms with van der Waals surface area (Å²) in [5.41, 5.74) is 0. The molecule has 0 aromatic carbocycles. The molecular weight excluding hydrogens is 420 g/mol. The van der Waals surface area contributed by atoms with Gasteiger partial charge in [0.2, 0.25) is 0 Å². The minimum atomic E-state index is -0.821. The lowest BCUT2D eigenvalue weighted by molar-refractivity contribution is -0.133. The SMILES string of the molecule is C[C@@H](O)CCC[C@H](O)C=C[C@@H]1[C@@H](c2ccc(CSCC(=O)O)s2)[C@H](Cl)C[C@H]1O. The quantitative estimate of drug-likeness (QED) is 0.305. The highest BCUT2D eigenvalue weighted by molar-refractivity contribution is 7.99. The molecule has 28 heavy (non-hydrogen) atoms. The second kappa shape index (κ2) is 11.6. The molecule has 158 valence electrons. The van der Waals surface area contributed by atoms with Crippen molar-refractivity contribution in [2.45, 2.75) is 68.0 Å². The summed E-state index contributed by atoms with van der Waals surface area (Å²) in [5, 5.41) is 38.5. The minimum absolute atomic E-state index is 0.0270. The second-order valence-electron chi connectivity index (χ2n) is 7.34. The normalized spacial score (nSPS) is 27.3. The van der Waals surface area contributed by atoms with Crippen molar-refractivity contribution in [1.82, 2.24) is 0 Å². The Hall–Kier alpha value is -0.570. The average molecular weight is 449 g/mol. The van der Waals surface area contributed by atoms with E-state index < -0.39 is 18.2 Å². The maximum Gasteiger partial charge on any atom is 0.313 e. The molecule has 1 aliphatic rings. The standard InChI is InChI=1S/C20H29ClO5S2/c1-12(22)3-2-4-13(23)5-7-15-17(24)9-16(21)20(15)18-8-6-14(28-18)10-27-11-19(25)26/h5-8,12-13,15-17,20,22-24H,2-4,9-11H2,1H3,(H,25,26)/t12-,13+,15+,16-,17-,20-/m1/s1. The van der Waals surface area contributed by atoms with E-state index in [9.17, 15) is 20.1 Å². The van der Waals surface area contributed by atoms with E-state index in [1.54, 1.807) is 24.3 Å². The fourth-order valence-electron chi connectivity index (χ4n) is 3.50. The summed E-state index contributed by atoms with van der Waals surface area (Å²) in [6.45, 7) is 1.73. The minimum Gasteiger partial charge on any atom is -0.481 e. The van der Waals surface area contributed by atoms with Gasteiger partial charge in [-0.05, 0) is 44.7 Å². The van der Waals surface area contributed by atoms with Gasteiger partial charge in [-0.3, -0.25) is 4.79 Å². The molecule has 1 aromatic heterocycles. The van der Waals surface area contributed by atoms with Gasteiger partial charge in [-0.2, -0.15) is 0 Å². The first-order chi connectivity index (χ1) is 13.3. The topological polar surface area (TPSA) is 98.0 Å². The van der Waals surface area contributed by atoms with Gasteiger partial charge < -0.3 is 20.4 Å². The van der Waals surface area contributed by atoms with Crippen molar-refractivity contribution < 1.29 is 25.2 Å². The highest BCUT2D eigenvalue weighted by Crippen LogP contribution is 2.46. The predicted molar refractivity (Wildman–Crippen MR) is 115 cm³/mol. The Bertz CT molecular complexity index is 648. The molecule has 1 aliphatic carbocycles. The highest BCUT2D eigenvalue weighted by atomic mass is 35.5. The van der Waals surface area contributed by atoms with Crippen LogP contribution in [0, 0.1) is 5.92 Å². The summed E-state index contributed by atoms with van der Waals surface area (Å²) < 4.78 is 0. The van der Waals surface area contributed by atoms with E-state index in [2.05, 4.69) is 0 Å². The zero-order valence-electron chi connectivity index (χ0n) is 15.9. The van der Waals surface area contributed by atoms with E-state index in [-0.39, 0.29) is 29.1 Å². The molecule has 0 aliphatic heterocycles. The number of carboxylic acids is 1. The summed E-state index contributed by atoms with van der Waals surface area (Å²) >= 11 is 9.50. The fourth-order valence-corrected chi connectivity index (χ4v) is 6.15. The molecule has 1 heterocycles. The van der Waals surface area contributed by atoms with Crippen molar-refractivity contribution in [3.8, 4) is 0 Å². The lowest BCUT2D eigenvalue weighted by Gasteiger charge is -2.20. The van der Waals surface area contributed by atoms with Gasteiger partial charge in [0, 0.05) is 32.7 Å². The number of carbonyl (C=O) groups is 1. The van der Waals surface area contributed by atoms with Crippen LogP contribution in [-0.2, 0) is 10.5 Å². The van der Waals surface area contributed by atoms with Crippen LogP contribution < -0.4 is 0 Å². The van der Waals surface area contributed by atoms with Crippen molar-refractivity contribution in [3.63, 3.8) is 0 Å². The molecule has 4 N–H and O–H groups in total. The molecule has 5 nitrogen and oxygen atoms in total. The van der Waals surface area contributed by atoms with E-state index in [4.69, 9.17) is 16.7 Å². The van der Waals surface area contributed by atoms with Crippen LogP contribution in [-0.4, -0.2) is 55.8 Å². The van der Waals surface area contributed by atoms with Gasteiger partial charge in [-0.1, -0.05) is 12.2 Å². The van der Waals surface area contributed by atoms with Gasteiger partial charge in [0.1, 0.15) is 0 Å². The molecule has 2 rings (SSSR count). The van der Waals surface area contributed by atoms with Crippen LogP contribution in [0.2, 0.25) is 0 Å². The Kier molecular flexibility index (Phi) is 9.80. The third-order valence-corrected chi connectivity index (χ3v) is 7.66. The fraction of sp³-hybridized carbons (Fsp3) is 0.650. The Labute approximate surface area is 179 Å². The molecule has 0 spiro atoms. The molecule has 8 heteroatoms. The first kappa shape index (κ1) is 23.7. The van der Waals surface area contributed by atoms with Crippen LogP contribution >= 0.6 is 34.7 Å². The lowest BCUT2D eigenvalue weighted by Crippen LogP contribution is -2.17. The molecule has 1 fully saturated rings. The molecule has 0 amide bonds. The number of thiophene rings is 1. The Morgan fingerprint density at radius 2 is 2.14 bits per heavy atom. The Morgan fingerprint density at radius 1 is 1.39 bits per heavy atom. The van der Waals surface area contributed by atoms with E-state index in [1.165, 1.54) is 11.8 Å². The first-order valence-electron chi connectivity index (χ1n) is 9.52. The average Bonchev–Trinajstić information content (AvgIpc) is 3.16. The van der Waals surface area contributed by atoms with Gasteiger partial charge in [-0.15, -0.1) is 34.7 Å². The van der Waals surface area contributed by atoms with Gasteiger partial charge in [0.15, 0.2) is 0 Å². The van der Waals surface area contributed by atoms with Crippen LogP contribution in [0.5, 0.6) is 0 Å². The van der Waals surface area contributed by atoms with Gasteiger partial charge in [0.05, 0.1) is 24.1 Å². The van der Waals surface area contributed by atoms with E-state index in [0.29, 0.717) is 25.0 Å². The van der Waals surface area contributed by atoms with E-state index in [0.717, 1.165) is 16.2 Å². The monoisotopic (exact) mass is 448 g/mol. The number of alkyl halides is 1. The van der Waals surface area contributed by atoms with Crippen molar-refractivity contribution in [3.05, 3.63) is 34.0 Å². The van der Waals surface area contributed by atoms with Crippen LogP contribution in [0.3, 0.4) is 0 Å². The summed E-state index contributed by atoms with van der Waals surface area (Å²) in [6, 6.07) is 4.01. The second-order valence-corrected chi connectivity index (χ2v) is 10.1. The molecule has 1 saturated carbocycles. The number of aliphatic hydroxyl groups is 3. The van der Waals surface area contributed by atoms with Crippen LogP contribution in [0.15, 0.2) is 24.3 Å². The summed E-state index contributed by atoms with van der Waals surface area (Å²) in [5.74, 6) is -0.292. The molecule has 1 aromatic rings. The van der Waals surface area contributed by atoms with Gasteiger partial charge in [-0.25, -0.2) is 0 Å². The maximum atomic E-state index is 10.6. The maximum absolute atomic E-state index is 10.6. The number of rotatable bonds is 11. The largest absolute Gasteiger partial charge is 0.481 e. The third-order valence-electron chi connectivity index (χ3n) is 4.87. The number of hydrogen-bond donors (Lipinski definition) is 4. The molecule has 0 unspecified atom stereocenters. The van der Waals surface area contributed by atoms with Crippen molar-refractivity contribution >= 4 is 40.7 Å². The van der Waals surface area contributed by atoms with Crippen LogP contribution in [0.25, 0.3) is 0 Å². The van der Waals surface area contributed by atoms with E-state index in [1.807, 2.05) is 18.2 Å². The summed E-state index contributed by atoms with van der Waals surface area (Å²) in [4.78, 5) is 12.8. The number of halogens is 1. The van der Waals surface area contributed by atoms with Crippen LogP contribution in [0.4, 0.5) is 0 Å². The number of hydrogen-bond acceptors (Lipinski definition) is 6. The van der Waals surface area contributed by atoms with Crippen LogP contribution in [0.1, 0.15) is 48.3 Å². The molecule has 0 saturated heterocycles. The molecular formula is C20H29ClO5S2. The van der Waals surface area contributed by atoms with Crippen molar-refractivity contribution in [2.24, 2.45) is 5.92 Å². The third kappa shape index (κ3) is 7.35. The number of carboxylic acid groups (broad SMARTS) is 1. The number of aliphatic carboxylic acids is 1. The number of thioether (sulfide) groups is 1. The van der Waals surface area contributed by atoms with Gasteiger partial charge >= 0.3 is 5.97 Å². The van der Waals surface area contributed by atoms with Gasteiger partial charge in [0.25, 0.3) is 0 Å². The smallest absolute Gasteiger partial charge is 0.313 e.